The van der Waals surface area contributed by atoms with Crippen molar-refractivity contribution in [1.29, 1.82) is 0 Å². The van der Waals surface area contributed by atoms with E-state index in [0.29, 0.717) is 4.90 Å². The third kappa shape index (κ3) is 2.94. The zero-order valence-corrected chi connectivity index (χ0v) is 12.0. The minimum atomic E-state index is -0.848. The summed E-state index contributed by atoms with van der Waals surface area (Å²) in [5, 5.41) is 2.37. The largest absolute Gasteiger partial charge is 0.317 e. The van der Waals surface area contributed by atoms with Gasteiger partial charge in [-0.25, -0.2) is 8.78 Å². The summed E-state index contributed by atoms with van der Waals surface area (Å²) in [5.74, 6) is -2.36. The summed E-state index contributed by atoms with van der Waals surface area (Å²) in [7, 11) is 0. The van der Waals surface area contributed by atoms with Gasteiger partial charge in [0.25, 0.3) is 5.91 Å². The van der Waals surface area contributed by atoms with E-state index in [1.807, 2.05) is 0 Å². The van der Waals surface area contributed by atoms with Gasteiger partial charge in [-0.2, -0.15) is 0 Å². The van der Waals surface area contributed by atoms with Crippen LogP contribution in [0.5, 0.6) is 0 Å². The highest BCUT2D eigenvalue weighted by molar-refractivity contribution is 7.80. The van der Waals surface area contributed by atoms with Crippen molar-refractivity contribution < 1.29 is 13.6 Å². The maximum absolute atomic E-state index is 13.8. The second kappa shape index (κ2) is 5.81. The molecule has 104 valence electrons. The first-order valence-corrected chi connectivity index (χ1v) is 6.47. The molecule has 0 saturated carbocycles. The number of amides is 1. The summed E-state index contributed by atoms with van der Waals surface area (Å²) in [6.45, 7) is 1.48. The number of hydrogen-bond acceptors (Lipinski definition) is 2. The SMILES string of the molecule is Cc1ccc(F)c(NC(=O)c2cc(S)ccc2Cl)c1F. The molecule has 2 nitrogen and oxygen atoms in total. The Balaban J connectivity index is 2.38. The molecular weight excluding hydrogens is 304 g/mol. The molecule has 2 rings (SSSR count). The van der Waals surface area contributed by atoms with Gasteiger partial charge in [0.2, 0.25) is 0 Å². The first-order valence-electron chi connectivity index (χ1n) is 5.64. The van der Waals surface area contributed by atoms with Crippen LogP contribution in [-0.4, -0.2) is 5.91 Å². The van der Waals surface area contributed by atoms with Gasteiger partial charge in [0.1, 0.15) is 11.5 Å². The number of rotatable bonds is 2. The van der Waals surface area contributed by atoms with Crippen LogP contribution in [0, 0.1) is 18.6 Å². The van der Waals surface area contributed by atoms with E-state index in [2.05, 4.69) is 17.9 Å². The zero-order chi connectivity index (χ0) is 14.9. The monoisotopic (exact) mass is 313 g/mol. The normalized spacial score (nSPS) is 10.4. The van der Waals surface area contributed by atoms with Crippen molar-refractivity contribution in [1.82, 2.24) is 0 Å². The molecular formula is C14H10ClF2NOS. The smallest absolute Gasteiger partial charge is 0.257 e. The van der Waals surface area contributed by atoms with Gasteiger partial charge in [-0.15, -0.1) is 12.6 Å². The minimum Gasteiger partial charge on any atom is -0.317 e. The van der Waals surface area contributed by atoms with E-state index in [1.165, 1.54) is 25.1 Å². The maximum atomic E-state index is 13.8. The first-order chi connectivity index (χ1) is 9.40. The third-order valence-electron chi connectivity index (χ3n) is 2.72. The lowest BCUT2D eigenvalue weighted by Gasteiger charge is -2.10. The van der Waals surface area contributed by atoms with Crippen LogP contribution in [0.1, 0.15) is 15.9 Å². The van der Waals surface area contributed by atoms with Crippen molar-refractivity contribution in [3.8, 4) is 0 Å². The molecule has 2 aromatic rings. The number of thiol groups is 1. The van der Waals surface area contributed by atoms with Gasteiger partial charge in [-0.3, -0.25) is 4.79 Å². The van der Waals surface area contributed by atoms with Crippen LogP contribution in [0.25, 0.3) is 0 Å². The molecule has 0 aliphatic heterocycles. The topological polar surface area (TPSA) is 29.1 Å². The maximum Gasteiger partial charge on any atom is 0.257 e. The molecule has 0 aliphatic carbocycles. The van der Waals surface area contributed by atoms with Gasteiger partial charge in [-0.1, -0.05) is 17.7 Å². The van der Waals surface area contributed by atoms with E-state index in [1.54, 1.807) is 6.07 Å². The van der Waals surface area contributed by atoms with E-state index in [0.717, 1.165) is 6.07 Å². The van der Waals surface area contributed by atoms with Crippen LogP contribution < -0.4 is 5.32 Å². The number of carbonyl (C=O) groups is 1. The molecule has 0 spiro atoms. The molecule has 0 fully saturated rings. The van der Waals surface area contributed by atoms with E-state index < -0.39 is 23.2 Å². The number of hydrogen-bond donors (Lipinski definition) is 2. The molecule has 1 amide bonds. The van der Waals surface area contributed by atoms with E-state index in [4.69, 9.17) is 11.6 Å². The molecule has 2 aromatic carbocycles. The Kier molecular flexibility index (Phi) is 4.30. The lowest BCUT2D eigenvalue weighted by molar-refractivity contribution is 0.102. The predicted molar refractivity (Wildman–Crippen MR) is 77.8 cm³/mol. The highest BCUT2D eigenvalue weighted by atomic mass is 35.5. The zero-order valence-electron chi connectivity index (χ0n) is 10.4. The highest BCUT2D eigenvalue weighted by Gasteiger charge is 2.17. The molecule has 1 N–H and O–H groups in total. The van der Waals surface area contributed by atoms with Gasteiger partial charge in [0, 0.05) is 4.90 Å². The Labute approximate surface area is 125 Å². The summed E-state index contributed by atoms with van der Waals surface area (Å²) in [5.41, 5.74) is -0.161. The molecule has 20 heavy (non-hydrogen) atoms. The van der Waals surface area contributed by atoms with Gasteiger partial charge >= 0.3 is 0 Å². The molecule has 0 radical (unpaired) electrons. The summed E-state index contributed by atoms with van der Waals surface area (Å²) >= 11 is 9.98. The summed E-state index contributed by atoms with van der Waals surface area (Å²) in [4.78, 5) is 12.6. The summed E-state index contributed by atoms with van der Waals surface area (Å²) in [6, 6.07) is 6.90. The second-order valence-electron chi connectivity index (χ2n) is 4.17. The predicted octanol–water partition coefficient (Wildman–Crippen LogP) is 4.47. The Morgan fingerprint density at radius 1 is 1.25 bits per heavy atom. The fraction of sp³-hybridized carbons (Fsp3) is 0.0714. The summed E-state index contributed by atoms with van der Waals surface area (Å²) in [6.07, 6.45) is 0. The van der Waals surface area contributed by atoms with Crippen LogP contribution in [0.2, 0.25) is 5.02 Å². The van der Waals surface area contributed by atoms with Crippen molar-refractivity contribution in [2.45, 2.75) is 11.8 Å². The van der Waals surface area contributed by atoms with Crippen LogP contribution in [0.15, 0.2) is 35.2 Å². The quantitative estimate of drug-likeness (QED) is 0.787. The standard InChI is InChI=1S/C14H10ClF2NOS/c1-7-2-5-11(16)13(12(7)17)18-14(19)9-6-8(20)3-4-10(9)15/h2-6,20H,1H3,(H,18,19). The van der Waals surface area contributed by atoms with Crippen LogP contribution in [0.4, 0.5) is 14.5 Å². The van der Waals surface area contributed by atoms with E-state index in [9.17, 15) is 13.6 Å². The molecule has 0 aliphatic rings. The Morgan fingerprint density at radius 3 is 2.65 bits per heavy atom. The fourth-order valence-electron chi connectivity index (χ4n) is 1.64. The van der Waals surface area contributed by atoms with Crippen molar-refractivity contribution in [3.63, 3.8) is 0 Å². The molecule has 0 unspecified atom stereocenters. The van der Waals surface area contributed by atoms with Gasteiger partial charge < -0.3 is 5.32 Å². The van der Waals surface area contributed by atoms with Crippen molar-refractivity contribution >= 4 is 35.8 Å². The van der Waals surface area contributed by atoms with Crippen LogP contribution >= 0.6 is 24.2 Å². The van der Waals surface area contributed by atoms with Gasteiger partial charge in [-0.05, 0) is 36.8 Å². The Morgan fingerprint density at radius 2 is 1.95 bits per heavy atom. The summed E-state index contributed by atoms with van der Waals surface area (Å²) < 4.78 is 27.4. The average molecular weight is 314 g/mol. The Bertz CT molecular complexity index is 691. The molecule has 0 atom stereocenters. The molecule has 0 bridgehead atoms. The molecule has 0 saturated heterocycles. The number of anilines is 1. The number of nitrogens with one attached hydrogen (secondary N) is 1. The van der Waals surface area contributed by atoms with Gasteiger partial charge in [0.05, 0.1) is 10.6 Å². The number of halogens is 3. The highest BCUT2D eigenvalue weighted by Crippen LogP contribution is 2.25. The second-order valence-corrected chi connectivity index (χ2v) is 5.10. The average Bonchev–Trinajstić information content (AvgIpc) is 2.41. The molecule has 0 aromatic heterocycles. The Hall–Kier alpha value is -1.59. The van der Waals surface area contributed by atoms with Crippen molar-refractivity contribution in [3.05, 3.63) is 58.1 Å². The molecule has 6 heteroatoms. The lowest BCUT2D eigenvalue weighted by Crippen LogP contribution is -2.15. The van der Waals surface area contributed by atoms with E-state index in [-0.39, 0.29) is 16.1 Å². The van der Waals surface area contributed by atoms with Crippen molar-refractivity contribution in [2.24, 2.45) is 0 Å². The van der Waals surface area contributed by atoms with Crippen molar-refractivity contribution in [2.75, 3.05) is 5.32 Å². The minimum absolute atomic E-state index is 0.0967. The first kappa shape index (κ1) is 14.8. The third-order valence-corrected chi connectivity index (χ3v) is 3.33. The van der Waals surface area contributed by atoms with Crippen LogP contribution in [-0.2, 0) is 0 Å². The van der Waals surface area contributed by atoms with Crippen LogP contribution in [0.3, 0.4) is 0 Å². The molecule has 0 heterocycles. The number of carbonyl (C=O) groups excluding carboxylic acids is 1. The number of aryl methyl sites for hydroxylation is 1. The number of benzene rings is 2. The fourth-order valence-corrected chi connectivity index (χ4v) is 2.05. The lowest BCUT2D eigenvalue weighted by atomic mass is 10.1. The van der Waals surface area contributed by atoms with Gasteiger partial charge in [0.15, 0.2) is 5.82 Å². The van der Waals surface area contributed by atoms with E-state index >= 15 is 0 Å².